The molecule has 3 aromatic rings. The monoisotopic (exact) mass is 584 g/mol. The molecule has 11 heteroatoms. The van der Waals surface area contributed by atoms with Gasteiger partial charge in [0.05, 0.1) is 16.7 Å². The van der Waals surface area contributed by atoms with Crippen LogP contribution in [0.1, 0.15) is 48.3 Å². The fourth-order valence-corrected chi connectivity index (χ4v) is 4.94. The molecule has 0 unspecified atom stereocenters. The Morgan fingerprint density at radius 1 is 1.21 bits per heavy atom. The first-order valence-electron chi connectivity index (χ1n) is 13.3. The van der Waals surface area contributed by atoms with Crippen molar-refractivity contribution in [2.45, 2.75) is 65.0 Å². The van der Waals surface area contributed by atoms with E-state index in [4.69, 9.17) is 4.98 Å². The molecule has 0 aromatic carbocycles. The zero-order valence-electron chi connectivity index (χ0n) is 22.2. The fourth-order valence-electron chi connectivity index (χ4n) is 4.73. The predicted molar refractivity (Wildman–Crippen MR) is 152 cm³/mol. The summed E-state index contributed by atoms with van der Waals surface area (Å²) in [4.78, 5) is 27.4. The molecule has 0 fully saturated rings. The Hall–Kier alpha value is -3.05. The number of carboxylic acids is 1. The van der Waals surface area contributed by atoms with Crippen molar-refractivity contribution in [2.24, 2.45) is 0 Å². The molecular weight excluding hydrogens is 548 g/mol. The third-order valence-corrected chi connectivity index (χ3v) is 7.21. The van der Waals surface area contributed by atoms with E-state index in [2.05, 4.69) is 71.7 Å². The van der Waals surface area contributed by atoms with Gasteiger partial charge in [-0.1, -0.05) is 6.07 Å². The molecule has 1 aliphatic heterocycles. The van der Waals surface area contributed by atoms with Crippen LogP contribution in [-0.2, 0) is 24.2 Å². The summed E-state index contributed by atoms with van der Waals surface area (Å²) in [5.41, 5.74) is 4.57. The summed E-state index contributed by atoms with van der Waals surface area (Å²) in [6.45, 7) is 8.13. The maximum absolute atomic E-state index is 12.0. The molecule has 3 N–H and O–H groups in total. The Balaban J connectivity index is 1.32. The highest BCUT2D eigenvalue weighted by Crippen LogP contribution is 2.20. The minimum Gasteiger partial charge on any atom is -0.480 e. The molecule has 1 atom stereocenters. The predicted octanol–water partition coefficient (Wildman–Crippen LogP) is 4.09. The number of nitrogens with one attached hydrogen (secondary N) is 2. The molecule has 0 saturated carbocycles. The lowest BCUT2D eigenvalue weighted by Crippen LogP contribution is -2.37. The van der Waals surface area contributed by atoms with Gasteiger partial charge in [0, 0.05) is 43.4 Å². The number of aryl methyl sites for hydroxylation is 4. The molecule has 0 saturated heterocycles. The number of hydrogen-bond acceptors (Lipinski definition) is 8. The summed E-state index contributed by atoms with van der Waals surface area (Å²) in [6, 6.07) is 5.66. The maximum Gasteiger partial charge on any atom is 0.326 e. The number of halogens is 1. The van der Waals surface area contributed by atoms with E-state index in [0.717, 1.165) is 85.7 Å². The van der Waals surface area contributed by atoms with Crippen molar-refractivity contribution in [1.82, 2.24) is 29.6 Å². The number of carboxylic acid groups (broad SMARTS) is 1. The second-order valence-electron chi connectivity index (χ2n) is 9.84. The van der Waals surface area contributed by atoms with E-state index in [1.54, 1.807) is 12.4 Å². The van der Waals surface area contributed by atoms with E-state index in [1.807, 2.05) is 11.6 Å². The average molecular weight is 586 g/mol. The standard InChI is InChI=1S/C27H37BrN8O2/c1-19-16-20(2)36(34-19)15-14-35(13-10-24(26(37)38)33-27-30-17-22(28)18-31-27)12-4-3-7-23-9-8-21-6-5-11-29-25(21)32-23/h8-9,16-18,24H,3-7,10-15H2,1-2H3,(H,29,32)(H,37,38)(H,30,31,33)/t24-/m0/s1. The van der Waals surface area contributed by atoms with E-state index in [0.29, 0.717) is 18.9 Å². The van der Waals surface area contributed by atoms with E-state index in [-0.39, 0.29) is 0 Å². The Labute approximate surface area is 232 Å². The summed E-state index contributed by atoms with van der Waals surface area (Å²) in [5, 5.41) is 20.8. The van der Waals surface area contributed by atoms with Crippen LogP contribution in [0.3, 0.4) is 0 Å². The lowest BCUT2D eigenvalue weighted by molar-refractivity contribution is -0.138. The Morgan fingerprint density at radius 2 is 2.03 bits per heavy atom. The van der Waals surface area contributed by atoms with E-state index >= 15 is 0 Å². The van der Waals surface area contributed by atoms with Gasteiger partial charge in [-0.2, -0.15) is 5.10 Å². The highest BCUT2D eigenvalue weighted by atomic mass is 79.9. The number of pyridine rings is 1. The summed E-state index contributed by atoms with van der Waals surface area (Å²) in [6.07, 6.45) is 8.85. The van der Waals surface area contributed by atoms with Crippen molar-refractivity contribution in [1.29, 1.82) is 0 Å². The van der Waals surface area contributed by atoms with Crippen LogP contribution >= 0.6 is 15.9 Å². The zero-order chi connectivity index (χ0) is 26.9. The van der Waals surface area contributed by atoms with E-state index < -0.39 is 12.0 Å². The topological polar surface area (TPSA) is 121 Å². The lowest BCUT2D eigenvalue weighted by atomic mass is 10.1. The first kappa shape index (κ1) is 28.0. The largest absolute Gasteiger partial charge is 0.480 e. The Bertz CT molecular complexity index is 1200. The summed E-state index contributed by atoms with van der Waals surface area (Å²) in [5.74, 6) is 0.436. The van der Waals surface area contributed by atoms with Gasteiger partial charge in [0.15, 0.2) is 0 Å². The van der Waals surface area contributed by atoms with Gasteiger partial charge in [0.2, 0.25) is 5.95 Å². The number of unbranched alkanes of at least 4 members (excludes halogenated alkanes) is 1. The van der Waals surface area contributed by atoms with Crippen molar-refractivity contribution in [3.63, 3.8) is 0 Å². The Morgan fingerprint density at radius 3 is 2.76 bits per heavy atom. The Kier molecular flexibility index (Phi) is 10.1. The quantitative estimate of drug-likeness (QED) is 0.240. The molecule has 0 aliphatic carbocycles. The molecule has 38 heavy (non-hydrogen) atoms. The van der Waals surface area contributed by atoms with Crippen molar-refractivity contribution in [3.05, 3.63) is 57.7 Å². The third kappa shape index (κ3) is 8.22. The molecule has 1 aliphatic rings. The van der Waals surface area contributed by atoms with Gasteiger partial charge < -0.3 is 20.6 Å². The normalized spacial score (nSPS) is 13.7. The number of fused-ring (bicyclic) bond motifs is 1. The average Bonchev–Trinajstić information content (AvgIpc) is 3.24. The van der Waals surface area contributed by atoms with Crippen molar-refractivity contribution < 1.29 is 9.90 Å². The second kappa shape index (κ2) is 13.7. The van der Waals surface area contributed by atoms with Crippen LogP contribution in [0.5, 0.6) is 0 Å². The fraction of sp³-hybridized carbons (Fsp3) is 0.519. The van der Waals surface area contributed by atoms with E-state index in [9.17, 15) is 9.90 Å². The highest BCUT2D eigenvalue weighted by molar-refractivity contribution is 9.10. The molecule has 4 rings (SSSR count). The number of anilines is 2. The molecule has 204 valence electrons. The van der Waals surface area contributed by atoms with Gasteiger partial charge in [0.1, 0.15) is 11.9 Å². The van der Waals surface area contributed by atoms with Gasteiger partial charge >= 0.3 is 5.97 Å². The molecule has 0 radical (unpaired) electrons. The van der Waals surface area contributed by atoms with Gasteiger partial charge in [-0.15, -0.1) is 0 Å². The van der Waals surface area contributed by atoms with Crippen molar-refractivity contribution >= 4 is 33.7 Å². The number of aliphatic carboxylic acids is 1. The SMILES string of the molecule is Cc1cc(C)n(CCN(CCCCc2ccc3c(n2)NCCC3)CC[C@H](Nc2ncc(Br)cn2)C(=O)O)n1. The number of nitrogens with zero attached hydrogens (tertiary/aromatic N) is 6. The smallest absolute Gasteiger partial charge is 0.326 e. The van der Waals surface area contributed by atoms with Crippen LogP contribution in [0.4, 0.5) is 11.8 Å². The minimum atomic E-state index is -0.915. The van der Waals surface area contributed by atoms with Crippen LogP contribution in [0, 0.1) is 13.8 Å². The molecule has 3 aromatic heterocycles. The van der Waals surface area contributed by atoms with Crippen LogP contribution in [0.25, 0.3) is 0 Å². The molecule has 0 amide bonds. The first-order chi connectivity index (χ1) is 18.4. The van der Waals surface area contributed by atoms with Crippen LogP contribution in [0.2, 0.25) is 0 Å². The maximum atomic E-state index is 12.0. The van der Waals surface area contributed by atoms with Crippen molar-refractivity contribution in [2.75, 3.05) is 36.8 Å². The first-order valence-corrected chi connectivity index (χ1v) is 14.1. The van der Waals surface area contributed by atoms with Crippen LogP contribution < -0.4 is 10.6 Å². The van der Waals surface area contributed by atoms with Gasteiger partial charge in [0.25, 0.3) is 0 Å². The van der Waals surface area contributed by atoms with Gasteiger partial charge in [-0.05, 0) is 92.5 Å². The lowest BCUT2D eigenvalue weighted by Gasteiger charge is -2.24. The highest BCUT2D eigenvalue weighted by Gasteiger charge is 2.20. The van der Waals surface area contributed by atoms with Gasteiger partial charge in [-0.25, -0.2) is 19.7 Å². The minimum absolute atomic E-state index is 0.307. The van der Waals surface area contributed by atoms with E-state index in [1.165, 1.54) is 5.56 Å². The summed E-state index contributed by atoms with van der Waals surface area (Å²) >= 11 is 3.30. The number of aromatic nitrogens is 5. The summed E-state index contributed by atoms with van der Waals surface area (Å²) < 4.78 is 2.77. The third-order valence-electron chi connectivity index (χ3n) is 6.80. The van der Waals surface area contributed by atoms with Crippen LogP contribution in [-0.4, -0.2) is 72.9 Å². The molecule has 0 bridgehead atoms. The second-order valence-corrected chi connectivity index (χ2v) is 10.8. The molecule has 0 spiro atoms. The number of carbonyl (C=O) groups is 1. The number of hydrogen-bond donors (Lipinski definition) is 3. The van der Waals surface area contributed by atoms with Crippen molar-refractivity contribution in [3.8, 4) is 0 Å². The van der Waals surface area contributed by atoms with Gasteiger partial charge in [-0.3, -0.25) is 4.68 Å². The molecule has 4 heterocycles. The van der Waals surface area contributed by atoms with Crippen LogP contribution in [0.15, 0.2) is 35.1 Å². The molecular formula is C27H37BrN8O2. The number of rotatable bonds is 14. The zero-order valence-corrected chi connectivity index (χ0v) is 23.7. The molecule has 10 nitrogen and oxygen atoms in total. The summed E-state index contributed by atoms with van der Waals surface area (Å²) in [7, 11) is 0.